The van der Waals surface area contributed by atoms with Gasteiger partial charge in [0.25, 0.3) is 0 Å². The van der Waals surface area contributed by atoms with Crippen molar-refractivity contribution in [1.82, 2.24) is 9.62 Å². The van der Waals surface area contributed by atoms with E-state index in [-0.39, 0.29) is 11.9 Å². The Labute approximate surface area is 125 Å². The van der Waals surface area contributed by atoms with E-state index in [2.05, 4.69) is 21.2 Å². The normalized spacial score (nSPS) is 20.7. The van der Waals surface area contributed by atoms with Crippen molar-refractivity contribution in [3.63, 3.8) is 0 Å². The third-order valence-electron chi connectivity index (χ3n) is 3.02. The summed E-state index contributed by atoms with van der Waals surface area (Å²) in [5.41, 5.74) is 0. The summed E-state index contributed by atoms with van der Waals surface area (Å²) in [6.07, 6.45) is 0.656. The second-order valence-electron chi connectivity index (χ2n) is 4.52. The number of halogens is 1. The number of amides is 1. The first-order valence-corrected chi connectivity index (χ1v) is 8.89. The third-order valence-corrected chi connectivity index (χ3v) is 6.69. The van der Waals surface area contributed by atoms with Crippen LogP contribution in [0.3, 0.4) is 0 Å². The zero-order valence-corrected chi connectivity index (χ0v) is 13.9. The molecular formula is C11H15BrN2O3S2. The molecule has 0 radical (unpaired) electrons. The van der Waals surface area contributed by atoms with E-state index in [0.717, 1.165) is 8.66 Å². The van der Waals surface area contributed by atoms with Gasteiger partial charge in [-0.15, -0.1) is 11.3 Å². The van der Waals surface area contributed by atoms with Crippen molar-refractivity contribution in [3.05, 3.63) is 14.7 Å². The summed E-state index contributed by atoms with van der Waals surface area (Å²) in [5, 5.41) is 2.76. The van der Waals surface area contributed by atoms with Gasteiger partial charge in [-0.05, 0) is 35.3 Å². The summed E-state index contributed by atoms with van der Waals surface area (Å²) in [6.45, 7) is 4.02. The van der Waals surface area contributed by atoms with E-state index < -0.39 is 10.0 Å². The number of hydrogen-bond acceptors (Lipinski definition) is 4. The van der Waals surface area contributed by atoms with Gasteiger partial charge >= 0.3 is 0 Å². The SMILES string of the molecule is CC(=O)NC1CCN(S(=O)(=O)c2cc(Br)sc2C)C1. The van der Waals surface area contributed by atoms with Gasteiger partial charge in [-0.25, -0.2) is 8.42 Å². The first-order chi connectivity index (χ1) is 8.80. The van der Waals surface area contributed by atoms with Crippen LogP contribution in [0.15, 0.2) is 14.7 Å². The molecule has 1 unspecified atom stereocenters. The molecule has 0 saturated carbocycles. The molecule has 1 saturated heterocycles. The Balaban J connectivity index is 2.18. The van der Waals surface area contributed by atoms with Gasteiger partial charge in [-0.1, -0.05) is 0 Å². The Morgan fingerprint density at radius 1 is 1.58 bits per heavy atom. The lowest BCUT2D eigenvalue weighted by atomic mass is 10.3. The van der Waals surface area contributed by atoms with E-state index in [9.17, 15) is 13.2 Å². The molecule has 0 aromatic carbocycles. The van der Waals surface area contributed by atoms with Gasteiger partial charge in [-0.2, -0.15) is 4.31 Å². The minimum atomic E-state index is -3.45. The highest BCUT2D eigenvalue weighted by atomic mass is 79.9. The molecule has 0 bridgehead atoms. The largest absolute Gasteiger partial charge is 0.352 e. The Kier molecular flexibility index (Phi) is 4.34. The second kappa shape index (κ2) is 5.51. The standard InChI is InChI=1S/C11H15BrN2O3S2/c1-7-10(5-11(12)18-7)19(16,17)14-4-3-9(6-14)13-8(2)15/h5,9H,3-4,6H2,1-2H3,(H,13,15). The van der Waals surface area contributed by atoms with E-state index in [1.807, 2.05) is 0 Å². The number of carbonyl (C=O) groups is 1. The van der Waals surface area contributed by atoms with Crippen LogP contribution in [0.25, 0.3) is 0 Å². The number of aryl methyl sites for hydroxylation is 1. The van der Waals surface area contributed by atoms with Gasteiger partial charge < -0.3 is 5.32 Å². The summed E-state index contributed by atoms with van der Waals surface area (Å²) in [7, 11) is -3.45. The maximum Gasteiger partial charge on any atom is 0.244 e. The summed E-state index contributed by atoms with van der Waals surface area (Å²) < 4.78 is 27.2. The average Bonchev–Trinajstić information content (AvgIpc) is 2.85. The molecule has 5 nitrogen and oxygen atoms in total. The van der Waals surface area contributed by atoms with Crippen molar-refractivity contribution in [1.29, 1.82) is 0 Å². The van der Waals surface area contributed by atoms with Crippen LogP contribution in [0.4, 0.5) is 0 Å². The zero-order chi connectivity index (χ0) is 14.2. The van der Waals surface area contributed by atoms with Crippen molar-refractivity contribution in [2.45, 2.75) is 31.2 Å². The molecule has 2 heterocycles. The topological polar surface area (TPSA) is 66.5 Å². The minimum absolute atomic E-state index is 0.0883. The fourth-order valence-corrected chi connectivity index (χ4v) is 6.06. The highest BCUT2D eigenvalue weighted by Gasteiger charge is 2.34. The lowest BCUT2D eigenvalue weighted by Gasteiger charge is -2.16. The van der Waals surface area contributed by atoms with E-state index in [4.69, 9.17) is 0 Å². The molecule has 8 heteroatoms. The van der Waals surface area contributed by atoms with E-state index in [0.29, 0.717) is 24.4 Å². The smallest absolute Gasteiger partial charge is 0.244 e. The number of carbonyl (C=O) groups excluding carboxylic acids is 1. The summed E-state index contributed by atoms with van der Waals surface area (Å²) in [4.78, 5) is 12.1. The maximum absolute atomic E-state index is 12.5. The van der Waals surface area contributed by atoms with Crippen LogP contribution < -0.4 is 5.32 Å². The fraction of sp³-hybridized carbons (Fsp3) is 0.545. The number of hydrogen-bond donors (Lipinski definition) is 1. The van der Waals surface area contributed by atoms with E-state index >= 15 is 0 Å². The molecule has 2 rings (SSSR count). The predicted molar refractivity (Wildman–Crippen MR) is 77.7 cm³/mol. The second-order valence-corrected chi connectivity index (χ2v) is 9.06. The summed E-state index contributed by atoms with van der Waals surface area (Å²) in [5.74, 6) is -0.126. The molecule has 106 valence electrons. The zero-order valence-electron chi connectivity index (χ0n) is 10.6. The van der Waals surface area contributed by atoms with Gasteiger partial charge in [0, 0.05) is 30.9 Å². The van der Waals surface area contributed by atoms with E-state index in [1.54, 1.807) is 13.0 Å². The van der Waals surface area contributed by atoms with Gasteiger partial charge in [-0.3, -0.25) is 4.79 Å². The first-order valence-electron chi connectivity index (χ1n) is 5.84. The molecule has 1 fully saturated rings. The number of sulfonamides is 1. The molecule has 1 aliphatic heterocycles. The minimum Gasteiger partial charge on any atom is -0.352 e. The molecule has 1 aliphatic rings. The van der Waals surface area contributed by atoms with Crippen LogP contribution in [-0.2, 0) is 14.8 Å². The molecule has 1 aromatic rings. The van der Waals surface area contributed by atoms with Gasteiger partial charge in [0.2, 0.25) is 15.9 Å². The van der Waals surface area contributed by atoms with Crippen LogP contribution in [0.1, 0.15) is 18.2 Å². The molecule has 1 N–H and O–H groups in total. The van der Waals surface area contributed by atoms with Gasteiger partial charge in [0.05, 0.1) is 8.68 Å². The molecule has 1 amide bonds. The van der Waals surface area contributed by atoms with Crippen LogP contribution in [-0.4, -0.2) is 37.8 Å². The van der Waals surface area contributed by atoms with Crippen LogP contribution in [0.2, 0.25) is 0 Å². The van der Waals surface area contributed by atoms with Crippen molar-refractivity contribution < 1.29 is 13.2 Å². The Morgan fingerprint density at radius 2 is 2.26 bits per heavy atom. The van der Waals surface area contributed by atoms with E-state index in [1.165, 1.54) is 22.6 Å². The molecule has 19 heavy (non-hydrogen) atoms. The monoisotopic (exact) mass is 366 g/mol. The number of rotatable bonds is 3. The summed E-state index contributed by atoms with van der Waals surface area (Å²) >= 11 is 4.71. The Hall–Kier alpha value is -0.440. The number of nitrogens with zero attached hydrogens (tertiary/aromatic N) is 1. The number of nitrogens with one attached hydrogen (secondary N) is 1. The molecule has 1 atom stereocenters. The average molecular weight is 367 g/mol. The fourth-order valence-electron chi connectivity index (χ4n) is 2.18. The predicted octanol–water partition coefficient (Wildman–Crippen LogP) is 1.72. The highest BCUT2D eigenvalue weighted by molar-refractivity contribution is 9.11. The molecule has 1 aromatic heterocycles. The van der Waals surface area contributed by atoms with Crippen LogP contribution in [0.5, 0.6) is 0 Å². The molecule has 0 spiro atoms. The van der Waals surface area contributed by atoms with Crippen molar-refractivity contribution >= 4 is 43.2 Å². The van der Waals surface area contributed by atoms with Gasteiger partial charge in [0.15, 0.2) is 0 Å². The van der Waals surface area contributed by atoms with Crippen molar-refractivity contribution in [3.8, 4) is 0 Å². The van der Waals surface area contributed by atoms with Gasteiger partial charge in [0.1, 0.15) is 0 Å². The Morgan fingerprint density at radius 3 is 2.79 bits per heavy atom. The molecular weight excluding hydrogens is 352 g/mol. The Bertz CT molecular complexity index is 597. The highest BCUT2D eigenvalue weighted by Crippen LogP contribution is 2.32. The lowest BCUT2D eigenvalue weighted by molar-refractivity contribution is -0.119. The van der Waals surface area contributed by atoms with Crippen LogP contribution in [0, 0.1) is 6.92 Å². The third kappa shape index (κ3) is 3.18. The quantitative estimate of drug-likeness (QED) is 0.885. The van der Waals surface area contributed by atoms with Crippen molar-refractivity contribution in [2.75, 3.05) is 13.1 Å². The maximum atomic E-state index is 12.5. The van der Waals surface area contributed by atoms with Crippen LogP contribution >= 0.6 is 27.3 Å². The summed E-state index contributed by atoms with van der Waals surface area (Å²) in [6, 6.07) is 1.55. The molecule has 0 aliphatic carbocycles. The van der Waals surface area contributed by atoms with Crippen molar-refractivity contribution in [2.24, 2.45) is 0 Å². The lowest BCUT2D eigenvalue weighted by Crippen LogP contribution is -2.37. The number of thiophene rings is 1. The first kappa shape index (κ1) is 15.0.